The monoisotopic (exact) mass is 588 g/mol. The van der Waals surface area contributed by atoms with Crippen LogP contribution in [0.4, 0.5) is 5.69 Å². The number of hydrogen-bond acceptors (Lipinski definition) is 7. The number of rotatable bonds is 11. The zero-order valence-electron chi connectivity index (χ0n) is 25.4. The van der Waals surface area contributed by atoms with Crippen LogP contribution in [-0.2, 0) is 27.2 Å². The molecule has 2 N–H and O–H groups in total. The highest BCUT2D eigenvalue weighted by Crippen LogP contribution is 2.49. The normalized spacial score (nSPS) is 19.4. The van der Waals surface area contributed by atoms with Crippen molar-refractivity contribution in [2.45, 2.75) is 52.5 Å². The van der Waals surface area contributed by atoms with Crippen molar-refractivity contribution in [1.29, 1.82) is 0 Å². The Morgan fingerprint density at radius 1 is 1.00 bits per heavy atom. The number of carboxylic acid groups (broad SMARTS) is 1. The van der Waals surface area contributed by atoms with Crippen LogP contribution >= 0.6 is 0 Å². The molecule has 3 aromatic carbocycles. The van der Waals surface area contributed by atoms with Gasteiger partial charge in [-0.2, -0.15) is 0 Å². The van der Waals surface area contributed by atoms with E-state index in [0.717, 1.165) is 51.9 Å². The minimum absolute atomic E-state index is 0.0384. The van der Waals surface area contributed by atoms with Gasteiger partial charge in [-0.3, -0.25) is 14.5 Å². The number of nitrogens with one attached hydrogen (secondary N) is 1. The van der Waals surface area contributed by atoms with E-state index in [0.29, 0.717) is 23.8 Å². The summed E-state index contributed by atoms with van der Waals surface area (Å²) in [4.78, 5) is 28.7. The largest absolute Gasteiger partial charge is 0.481 e. The van der Waals surface area contributed by atoms with E-state index in [9.17, 15) is 14.7 Å². The number of aliphatic carboxylic acids is 1. The van der Waals surface area contributed by atoms with E-state index in [1.165, 1.54) is 0 Å². The molecule has 9 nitrogen and oxygen atoms in total. The Kier molecular flexibility index (Phi) is 9.22. The highest BCUT2D eigenvalue weighted by atomic mass is 16.7. The maximum atomic E-state index is 13.7. The Labute approximate surface area is 252 Å². The number of carbonyl (C=O) groups excluding carboxylic acids is 1. The fraction of sp³-hybridized carbons (Fsp3) is 0.412. The van der Waals surface area contributed by atoms with Crippen molar-refractivity contribution in [1.82, 2.24) is 4.90 Å². The van der Waals surface area contributed by atoms with Crippen LogP contribution in [-0.4, -0.2) is 55.7 Å². The molecule has 2 heterocycles. The number of aryl methyl sites for hydroxylation is 4. The van der Waals surface area contributed by atoms with Crippen molar-refractivity contribution in [3.63, 3.8) is 0 Å². The first-order chi connectivity index (χ1) is 20.7. The smallest absolute Gasteiger partial charge is 0.309 e. The van der Waals surface area contributed by atoms with Gasteiger partial charge in [0.05, 0.1) is 12.5 Å². The molecule has 43 heavy (non-hydrogen) atoms. The van der Waals surface area contributed by atoms with Gasteiger partial charge in [0.2, 0.25) is 12.7 Å². The van der Waals surface area contributed by atoms with E-state index in [-0.39, 0.29) is 32.0 Å². The molecule has 9 heteroatoms. The molecule has 3 atom stereocenters. The Balaban J connectivity index is 1.50. The fourth-order valence-corrected chi connectivity index (χ4v) is 6.48. The number of carbonyl (C=O) groups is 2. The Morgan fingerprint density at radius 3 is 2.26 bits per heavy atom. The SMILES string of the molecule is CCc1cc(C)cc(CC)c1NC(=O)CN1C[C@H](c2cc3c(cc2C)OCO3)C(C(=O)O)[C@@H]1c1ccc(OCOC)cc1. The number of hydrogen-bond donors (Lipinski definition) is 2. The summed E-state index contributed by atoms with van der Waals surface area (Å²) in [6.07, 6.45) is 1.58. The van der Waals surface area contributed by atoms with Crippen molar-refractivity contribution in [3.8, 4) is 17.2 Å². The third kappa shape index (κ3) is 6.33. The van der Waals surface area contributed by atoms with Crippen LogP contribution in [0.25, 0.3) is 0 Å². The summed E-state index contributed by atoms with van der Waals surface area (Å²) in [5.74, 6) is -0.417. The van der Waals surface area contributed by atoms with Gasteiger partial charge < -0.3 is 29.4 Å². The molecule has 228 valence electrons. The minimum atomic E-state index is -0.922. The number of ether oxygens (including phenoxy) is 4. The maximum Gasteiger partial charge on any atom is 0.309 e. The summed E-state index contributed by atoms with van der Waals surface area (Å²) in [6, 6.07) is 14.8. The molecule has 0 bridgehead atoms. The van der Waals surface area contributed by atoms with Crippen LogP contribution < -0.4 is 19.5 Å². The number of anilines is 1. The zero-order chi connectivity index (χ0) is 30.7. The van der Waals surface area contributed by atoms with Gasteiger partial charge in [0.1, 0.15) is 5.75 Å². The molecule has 0 aliphatic carbocycles. The second-order valence-electron chi connectivity index (χ2n) is 11.2. The predicted molar refractivity (Wildman–Crippen MR) is 163 cm³/mol. The van der Waals surface area contributed by atoms with E-state index in [1.54, 1.807) is 19.2 Å². The van der Waals surface area contributed by atoms with E-state index in [4.69, 9.17) is 18.9 Å². The molecular weight excluding hydrogens is 548 g/mol. The first-order valence-corrected chi connectivity index (χ1v) is 14.7. The summed E-state index contributed by atoms with van der Waals surface area (Å²) in [6.45, 7) is 8.84. The second kappa shape index (κ2) is 13.1. The summed E-state index contributed by atoms with van der Waals surface area (Å²) >= 11 is 0. The van der Waals surface area contributed by atoms with Crippen molar-refractivity contribution >= 4 is 17.6 Å². The Morgan fingerprint density at radius 2 is 1.65 bits per heavy atom. The lowest BCUT2D eigenvalue weighted by Gasteiger charge is -2.27. The van der Waals surface area contributed by atoms with Crippen LogP contribution in [0.5, 0.6) is 17.2 Å². The van der Waals surface area contributed by atoms with Gasteiger partial charge >= 0.3 is 5.97 Å². The van der Waals surface area contributed by atoms with E-state index >= 15 is 0 Å². The Hall–Kier alpha value is -4.08. The summed E-state index contributed by atoms with van der Waals surface area (Å²) in [7, 11) is 1.55. The van der Waals surface area contributed by atoms with Gasteiger partial charge in [-0.1, -0.05) is 43.7 Å². The fourth-order valence-electron chi connectivity index (χ4n) is 6.48. The topological polar surface area (TPSA) is 107 Å². The van der Waals surface area contributed by atoms with Gasteiger partial charge in [0, 0.05) is 31.3 Å². The quantitative estimate of drug-likeness (QED) is 0.278. The molecule has 1 saturated heterocycles. The second-order valence-corrected chi connectivity index (χ2v) is 11.2. The minimum Gasteiger partial charge on any atom is -0.481 e. The van der Waals surface area contributed by atoms with Gasteiger partial charge in [0.25, 0.3) is 0 Å². The number of methoxy groups -OCH3 is 1. The first kappa shape index (κ1) is 30.4. The summed E-state index contributed by atoms with van der Waals surface area (Å²) < 4.78 is 21.8. The Bertz CT molecular complexity index is 1460. The number of fused-ring (bicyclic) bond motifs is 1. The number of amides is 1. The van der Waals surface area contributed by atoms with Crippen LogP contribution in [0.15, 0.2) is 48.5 Å². The number of carboxylic acids is 1. The first-order valence-electron chi connectivity index (χ1n) is 14.7. The molecule has 0 spiro atoms. The molecule has 1 amide bonds. The predicted octanol–water partition coefficient (Wildman–Crippen LogP) is 5.62. The van der Waals surface area contributed by atoms with Crippen molar-refractivity contribution in [2.24, 2.45) is 5.92 Å². The highest BCUT2D eigenvalue weighted by molar-refractivity contribution is 5.94. The zero-order valence-corrected chi connectivity index (χ0v) is 25.4. The average molecular weight is 589 g/mol. The van der Waals surface area contributed by atoms with Gasteiger partial charge in [-0.15, -0.1) is 0 Å². The van der Waals surface area contributed by atoms with E-state index in [1.807, 2.05) is 36.1 Å². The standard InChI is InChI=1S/C34H40N2O7/c1-6-22-12-20(3)13-23(7-2)32(22)35-30(37)17-36-16-27(26-15-29-28(14-21(26)4)42-19-43-29)31(34(38)39)33(36)24-8-10-25(11-9-24)41-18-40-5/h8-15,27,31,33H,6-7,16-19H2,1-5H3,(H,35,37)(H,38,39)/t27-,31?,33+/m1/s1. The van der Waals surface area contributed by atoms with Crippen LogP contribution in [0.3, 0.4) is 0 Å². The van der Waals surface area contributed by atoms with Crippen LogP contribution in [0, 0.1) is 19.8 Å². The molecule has 0 radical (unpaired) electrons. The molecule has 0 saturated carbocycles. The molecule has 1 fully saturated rings. The summed E-state index contributed by atoms with van der Waals surface area (Å²) in [5.41, 5.74) is 6.80. The van der Waals surface area contributed by atoms with Gasteiger partial charge in [0.15, 0.2) is 18.3 Å². The molecule has 2 aliphatic rings. The van der Waals surface area contributed by atoms with Crippen molar-refractivity contribution < 1.29 is 33.6 Å². The van der Waals surface area contributed by atoms with Crippen molar-refractivity contribution in [2.75, 3.05) is 39.1 Å². The maximum absolute atomic E-state index is 13.7. The lowest BCUT2D eigenvalue weighted by atomic mass is 9.81. The number of nitrogens with zero attached hydrogens (tertiary/aromatic N) is 1. The lowest BCUT2D eigenvalue weighted by Crippen LogP contribution is -2.35. The molecular formula is C34H40N2O7. The van der Waals surface area contributed by atoms with Crippen molar-refractivity contribution in [3.05, 3.63) is 81.9 Å². The molecule has 3 aromatic rings. The third-order valence-corrected chi connectivity index (χ3v) is 8.43. The third-order valence-electron chi connectivity index (χ3n) is 8.43. The number of benzene rings is 3. The number of likely N-dealkylation sites (tertiary alicyclic amines) is 1. The van der Waals surface area contributed by atoms with E-state index < -0.39 is 17.9 Å². The average Bonchev–Trinajstić information content (AvgIpc) is 3.60. The molecule has 5 rings (SSSR count). The lowest BCUT2D eigenvalue weighted by molar-refractivity contribution is -0.143. The van der Waals surface area contributed by atoms with Gasteiger partial charge in [-0.25, -0.2) is 0 Å². The van der Waals surface area contributed by atoms with E-state index in [2.05, 4.69) is 38.2 Å². The van der Waals surface area contributed by atoms with Crippen LogP contribution in [0.1, 0.15) is 59.2 Å². The molecule has 2 aliphatic heterocycles. The molecule has 0 aromatic heterocycles. The van der Waals surface area contributed by atoms with Gasteiger partial charge in [-0.05, 0) is 78.8 Å². The van der Waals surface area contributed by atoms with Crippen LogP contribution in [0.2, 0.25) is 0 Å². The highest BCUT2D eigenvalue weighted by Gasteiger charge is 2.48. The summed E-state index contributed by atoms with van der Waals surface area (Å²) in [5, 5.41) is 13.8. The molecule has 1 unspecified atom stereocenters.